The molecule has 1 saturated heterocycles. The van der Waals surface area contributed by atoms with E-state index in [0.29, 0.717) is 11.2 Å². The fourth-order valence-corrected chi connectivity index (χ4v) is 5.58. The van der Waals surface area contributed by atoms with Gasteiger partial charge in [-0.2, -0.15) is 0 Å². The summed E-state index contributed by atoms with van der Waals surface area (Å²) in [6.45, 7) is 5.96. The Bertz CT molecular complexity index is 909. The number of rotatable bonds is 4. The van der Waals surface area contributed by atoms with Crippen LogP contribution in [0.5, 0.6) is 0 Å². The van der Waals surface area contributed by atoms with Crippen molar-refractivity contribution in [3.05, 3.63) is 59.1 Å². The van der Waals surface area contributed by atoms with Gasteiger partial charge in [-0.1, -0.05) is 32.0 Å². The number of carbonyl (C=O) groups is 1. The Hall–Kier alpha value is -1.85. The van der Waals surface area contributed by atoms with Gasteiger partial charge in [-0.25, -0.2) is 4.98 Å². The molecule has 1 fully saturated rings. The third kappa shape index (κ3) is 4.19. The molecule has 0 bridgehead atoms. The molecular formula is C22H24N2OS2. The molecule has 2 heterocycles. The molecule has 1 amide bonds. The number of amides is 1. The van der Waals surface area contributed by atoms with E-state index in [9.17, 15) is 4.79 Å². The number of benzene rings is 2. The minimum Gasteiger partial charge on any atom is -0.339 e. The Morgan fingerprint density at radius 3 is 2.67 bits per heavy atom. The number of nitrogens with zero attached hydrogens (tertiary/aromatic N) is 2. The van der Waals surface area contributed by atoms with Crippen LogP contribution in [-0.4, -0.2) is 34.1 Å². The topological polar surface area (TPSA) is 33.2 Å². The monoisotopic (exact) mass is 396 g/mol. The summed E-state index contributed by atoms with van der Waals surface area (Å²) in [5.41, 5.74) is 1.90. The molecule has 0 unspecified atom stereocenters. The van der Waals surface area contributed by atoms with Crippen molar-refractivity contribution in [2.45, 2.75) is 42.8 Å². The molecule has 4 rings (SSSR count). The van der Waals surface area contributed by atoms with E-state index >= 15 is 0 Å². The van der Waals surface area contributed by atoms with E-state index in [-0.39, 0.29) is 5.91 Å². The summed E-state index contributed by atoms with van der Waals surface area (Å²) in [7, 11) is 0. The second-order valence-corrected chi connectivity index (χ2v) is 9.99. The lowest BCUT2D eigenvalue weighted by Crippen LogP contribution is -2.37. The second kappa shape index (κ2) is 8.03. The van der Waals surface area contributed by atoms with Crippen LogP contribution in [0.15, 0.2) is 53.4 Å². The maximum atomic E-state index is 12.9. The highest BCUT2D eigenvalue weighted by molar-refractivity contribution is 7.99. The van der Waals surface area contributed by atoms with Gasteiger partial charge in [-0.3, -0.25) is 4.79 Å². The summed E-state index contributed by atoms with van der Waals surface area (Å²) >= 11 is 3.60. The SMILES string of the molecule is CC(C)Sc1cccc(C(=O)N2CCC(c3nc4ccccc4s3)CC2)c1. The number of carbonyl (C=O) groups excluding carboxylic acids is 1. The van der Waals surface area contributed by atoms with Gasteiger partial charge in [0.1, 0.15) is 0 Å². The van der Waals surface area contributed by atoms with Gasteiger partial charge in [0.05, 0.1) is 15.2 Å². The minimum atomic E-state index is 0.156. The molecule has 0 spiro atoms. The highest BCUT2D eigenvalue weighted by Crippen LogP contribution is 2.34. The molecule has 3 aromatic rings. The van der Waals surface area contributed by atoms with Crippen LogP contribution in [-0.2, 0) is 0 Å². The molecule has 140 valence electrons. The number of thioether (sulfide) groups is 1. The second-order valence-electron chi connectivity index (χ2n) is 7.28. The van der Waals surface area contributed by atoms with E-state index < -0.39 is 0 Å². The van der Waals surface area contributed by atoms with Crippen LogP contribution < -0.4 is 0 Å². The van der Waals surface area contributed by atoms with Crippen molar-refractivity contribution in [3.8, 4) is 0 Å². The zero-order valence-electron chi connectivity index (χ0n) is 15.7. The Balaban J connectivity index is 1.42. The molecule has 3 nitrogen and oxygen atoms in total. The normalized spacial score (nSPS) is 15.6. The Morgan fingerprint density at radius 1 is 1.15 bits per heavy atom. The molecule has 27 heavy (non-hydrogen) atoms. The summed E-state index contributed by atoms with van der Waals surface area (Å²) in [6.07, 6.45) is 1.98. The lowest BCUT2D eigenvalue weighted by atomic mass is 9.97. The van der Waals surface area contributed by atoms with Gasteiger partial charge in [0.15, 0.2) is 0 Å². The molecule has 0 saturated carbocycles. The van der Waals surface area contributed by atoms with E-state index in [1.165, 1.54) is 14.6 Å². The van der Waals surface area contributed by atoms with Crippen LogP contribution in [0.2, 0.25) is 0 Å². The first kappa shape index (κ1) is 18.5. The fourth-order valence-electron chi connectivity index (χ4n) is 3.55. The molecule has 1 aromatic heterocycles. The van der Waals surface area contributed by atoms with Crippen LogP contribution >= 0.6 is 23.1 Å². The van der Waals surface area contributed by atoms with Crippen molar-refractivity contribution in [2.75, 3.05) is 13.1 Å². The van der Waals surface area contributed by atoms with E-state index in [2.05, 4.69) is 38.1 Å². The Morgan fingerprint density at radius 2 is 1.93 bits per heavy atom. The van der Waals surface area contributed by atoms with E-state index in [1.807, 2.05) is 29.2 Å². The molecule has 1 aliphatic rings. The molecule has 0 N–H and O–H groups in total. The molecule has 0 atom stereocenters. The Kier molecular flexibility index (Phi) is 5.50. The fraction of sp³-hybridized carbons (Fsp3) is 0.364. The number of hydrogen-bond donors (Lipinski definition) is 0. The third-order valence-corrected chi connectivity index (χ3v) is 7.09. The van der Waals surface area contributed by atoms with Gasteiger partial charge in [0.25, 0.3) is 5.91 Å². The number of fused-ring (bicyclic) bond motifs is 1. The predicted octanol–water partition coefficient (Wildman–Crippen LogP) is 5.82. The van der Waals surface area contributed by atoms with Crippen molar-refractivity contribution in [1.29, 1.82) is 0 Å². The largest absolute Gasteiger partial charge is 0.339 e. The average molecular weight is 397 g/mol. The highest BCUT2D eigenvalue weighted by atomic mass is 32.2. The number of para-hydroxylation sites is 1. The summed E-state index contributed by atoms with van der Waals surface area (Å²) in [4.78, 5) is 20.9. The first-order valence-electron chi connectivity index (χ1n) is 9.51. The quantitative estimate of drug-likeness (QED) is 0.521. The lowest BCUT2D eigenvalue weighted by Gasteiger charge is -2.31. The molecule has 0 radical (unpaired) electrons. The number of likely N-dealkylation sites (tertiary alicyclic amines) is 1. The van der Waals surface area contributed by atoms with Gasteiger partial charge in [0.2, 0.25) is 0 Å². The number of thiazole rings is 1. The summed E-state index contributed by atoms with van der Waals surface area (Å²) in [5.74, 6) is 0.623. The molecule has 0 aliphatic carbocycles. The standard InChI is InChI=1S/C22H24N2OS2/c1-15(2)26-18-7-5-6-17(14-18)22(25)24-12-10-16(11-13-24)21-23-19-8-3-4-9-20(19)27-21/h3-9,14-16H,10-13H2,1-2H3. The van der Waals surface area contributed by atoms with Gasteiger partial charge < -0.3 is 4.90 Å². The van der Waals surface area contributed by atoms with Gasteiger partial charge >= 0.3 is 0 Å². The summed E-state index contributed by atoms with van der Waals surface area (Å²) in [6, 6.07) is 16.4. The third-order valence-electron chi connectivity index (χ3n) is 4.89. The van der Waals surface area contributed by atoms with Gasteiger partial charge in [-0.15, -0.1) is 23.1 Å². The van der Waals surface area contributed by atoms with Crippen LogP contribution in [0.3, 0.4) is 0 Å². The maximum Gasteiger partial charge on any atom is 0.253 e. The molecular weight excluding hydrogens is 372 g/mol. The molecule has 5 heteroatoms. The first-order valence-corrected chi connectivity index (χ1v) is 11.2. The van der Waals surface area contributed by atoms with E-state index in [1.54, 1.807) is 23.1 Å². The van der Waals surface area contributed by atoms with Gasteiger partial charge in [0, 0.05) is 34.7 Å². The molecule has 1 aliphatic heterocycles. The van der Waals surface area contributed by atoms with Crippen molar-refractivity contribution < 1.29 is 4.79 Å². The summed E-state index contributed by atoms with van der Waals surface area (Å²) < 4.78 is 1.26. The predicted molar refractivity (Wildman–Crippen MR) is 115 cm³/mol. The van der Waals surface area contributed by atoms with Crippen molar-refractivity contribution in [2.24, 2.45) is 0 Å². The molecule has 2 aromatic carbocycles. The van der Waals surface area contributed by atoms with E-state index in [4.69, 9.17) is 4.98 Å². The number of hydrogen-bond acceptors (Lipinski definition) is 4. The lowest BCUT2D eigenvalue weighted by molar-refractivity contribution is 0.0712. The maximum absolute atomic E-state index is 12.9. The number of piperidine rings is 1. The smallest absolute Gasteiger partial charge is 0.253 e. The Labute approximate surface area is 168 Å². The zero-order chi connectivity index (χ0) is 18.8. The zero-order valence-corrected chi connectivity index (χ0v) is 17.4. The highest BCUT2D eigenvalue weighted by Gasteiger charge is 2.26. The summed E-state index contributed by atoms with van der Waals surface area (Å²) in [5, 5.41) is 1.73. The average Bonchev–Trinajstić information content (AvgIpc) is 3.11. The van der Waals surface area contributed by atoms with Crippen LogP contribution in [0.4, 0.5) is 0 Å². The van der Waals surface area contributed by atoms with Crippen molar-refractivity contribution in [3.63, 3.8) is 0 Å². The van der Waals surface area contributed by atoms with Crippen LogP contribution in [0.25, 0.3) is 10.2 Å². The van der Waals surface area contributed by atoms with Crippen molar-refractivity contribution in [1.82, 2.24) is 9.88 Å². The van der Waals surface area contributed by atoms with E-state index in [0.717, 1.165) is 37.0 Å². The van der Waals surface area contributed by atoms with Gasteiger partial charge in [-0.05, 0) is 43.2 Å². The van der Waals surface area contributed by atoms with Crippen LogP contribution in [0.1, 0.15) is 48.0 Å². The van der Waals surface area contributed by atoms with Crippen molar-refractivity contribution >= 4 is 39.2 Å². The number of aromatic nitrogens is 1. The van der Waals surface area contributed by atoms with Crippen LogP contribution in [0, 0.1) is 0 Å². The minimum absolute atomic E-state index is 0.156. The first-order chi connectivity index (χ1) is 13.1.